The molecule has 31 heavy (non-hydrogen) atoms. The number of aromatic amines is 1. The van der Waals surface area contributed by atoms with Gasteiger partial charge in [-0.2, -0.15) is 5.10 Å². The van der Waals surface area contributed by atoms with Crippen molar-refractivity contribution in [2.45, 2.75) is 32.7 Å². The van der Waals surface area contributed by atoms with Crippen LogP contribution < -0.4 is 15.5 Å². The molecule has 0 bridgehead atoms. The molecule has 8 nitrogen and oxygen atoms in total. The molecule has 0 radical (unpaired) electrons. The van der Waals surface area contributed by atoms with E-state index in [0.717, 1.165) is 37.8 Å². The van der Waals surface area contributed by atoms with Crippen molar-refractivity contribution in [2.24, 2.45) is 4.99 Å². The van der Waals surface area contributed by atoms with Gasteiger partial charge in [-0.15, -0.1) is 24.0 Å². The Labute approximate surface area is 199 Å². The highest BCUT2D eigenvalue weighted by Gasteiger charge is 2.23. The quantitative estimate of drug-likeness (QED) is 0.244. The van der Waals surface area contributed by atoms with Crippen LogP contribution in [-0.4, -0.2) is 53.4 Å². The van der Waals surface area contributed by atoms with E-state index in [1.165, 1.54) is 11.3 Å². The maximum atomic E-state index is 5.33. The minimum absolute atomic E-state index is 0. The van der Waals surface area contributed by atoms with Crippen molar-refractivity contribution < 1.29 is 4.42 Å². The predicted octanol–water partition coefficient (Wildman–Crippen LogP) is 3.37. The van der Waals surface area contributed by atoms with Gasteiger partial charge in [0.1, 0.15) is 5.82 Å². The van der Waals surface area contributed by atoms with Crippen molar-refractivity contribution in [1.82, 2.24) is 25.8 Å². The lowest BCUT2D eigenvalue weighted by molar-refractivity contribution is 0.577. The van der Waals surface area contributed by atoms with Crippen molar-refractivity contribution in [3.8, 4) is 11.6 Å². The molecular formula is C22H30IN7O. The van der Waals surface area contributed by atoms with Gasteiger partial charge in [-0.1, -0.05) is 17.7 Å². The maximum Gasteiger partial charge on any atom is 0.216 e. The first-order chi connectivity index (χ1) is 14.7. The van der Waals surface area contributed by atoms with Crippen LogP contribution in [-0.2, 0) is 6.42 Å². The van der Waals surface area contributed by atoms with Crippen molar-refractivity contribution in [3.63, 3.8) is 0 Å². The Bertz CT molecular complexity index is 953. The van der Waals surface area contributed by atoms with E-state index >= 15 is 0 Å². The number of anilines is 1. The Morgan fingerprint density at radius 1 is 1.29 bits per heavy atom. The van der Waals surface area contributed by atoms with E-state index in [2.05, 4.69) is 68.8 Å². The first-order valence-electron chi connectivity index (χ1n) is 10.5. The van der Waals surface area contributed by atoms with E-state index < -0.39 is 0 Å². The van der Waals surface area contributed by atoms with E-state index in [1.807, 2.05) is 12.1 Å². The highest BCUT2D eigenvalue weighted by Crippen LogP contribution is 2.20. The standard InChI is InChI=1S/C22H29N7O.HI/c1-3-23-22(24-12-10-20-26-21(28-27-20)19-5-4-14-30-19)25-17-11-13-29(15-17)18-8-6-16(2)7-9-18;/h4-9,14,17H,3,10-13,15H2,1-2H3,(H2,23,24,25)(H,26,27,28);1H. The average molecular weight is 535 g/mol. The molecule has 1 atom stereocenters. The van der Waals surface area contributed by atoms with Crippen LogP contribution in [0.15, 0.2) is 52.1 Å². The molecule has 3 heterocycles. The monoisotopic (exact) mass is 535 g/mol. The van der Waals surface area contributed by atoms with Gasteiger partial charge in [0.25, 0.3) is 0 Å². The third-order valence-electron chi connectivity index (χ3n) is 5.16. The Morgan fingerprint density at radius 2 is 2.13 bits per heavy atom. The number of hydrogen-bond donors (Lipinski definition) is 3. The van der Waals surface area contributed by atoms with Crippen LogP contribution in [0.2, 0.25) is 0 Å². The van der Waals surface area contributed by atoms with Crippen LogP contribution in [0.3, 0.4) is 0 Å². The lowest BCUT2D eigenvalue weighted by atomic mass is 10.2. The van der Waals surface area contributed by atoms with Crippen molar-refractivity contribution in [1.29, 1.82) is 0 Å². The number of aromatic nitrogens is 3. The molecule has 0 aliphatic carbocycles. The number of aliphatic imine (C=N–C) groups is 1. The van der Waals surface area contributed by atoms with Gasteiger partial charge in [0.2, 0.25) is 5.82 Å². The summed E-state index contributed by atoms with van der Waals surface area (Å²) in [5.41, 5.74) is 2.57. The summed E-state index contributed by atoms with van der Waals surface area (Å²) in [6.07, 6.45) is 3.39. The average Bonchev–Trinajstić information content (AvgIpc) is 3.50. The van der Waals surface area contributed by atoms with E-state index in [0.29, 0.717) is 30.6 Å². The number of aryl methyl sites for hydroxylation is 1. The number of rotatable bonds is 7. The molecule has 3 aromatic rings. The van der Waals surface area contributed by atoms with Crippen LogP contribution in [0.25, 0.3) is 11.6 Å². The number of halogens is 1. The van der Waals surface area contributed by atoms with Gasteiger partial charge in [-0.3, -0.25) is 10.1 Å². The van der Waals surface area contributed by atoms with Crippen molar-refractivity contribution >= 4 is 35.6 Å². The number of nitrogens with one attached hydrogen (secondary N) is 3. The molecule has 9 heteroatoms. The lowest BCUT2D eigenvalue weighted by Gasteiger charge is -2.20. The minimum Gasteiger partial charge on any atom is -0.461 e. The van der Waals surface area contributed by atoms with Gasteiger partial charge >= 0.3 is 0 Å². The Balaban J connectivity index is 0.00000272. The van der Waals surface area contributed by atoms with Crippen LogP contribution in [0.4, 0.5) is 5.69 Å². The zero-order valence-corrected chi connectivity index (χ0v) is 20.3. The zero-order chi connectivity index (χ0) is 20.8. The van der Waals surface area contributed by atoms with E-state index in [1.54, 1.807) is 6.26 Å². The Kier molecular flexibility index (Phi) is 8.33. The van der Waals surface area contributed by atoms with Crippen LogP contribution in [0.1, 0.15) is 24.7 Å². The third-order valence-corrected chi connectivity index (χ3v) is 5.16. The molecule has 3 N–H and O–H groups in total. The summed E-state index contributed by atoms with van der Waals surface area (Å²) >= 11 is 0. The Hall–Kier alpha value is -2.56. The van der Waals surface area contributed by atoms with Crippen LogP contribution >= 0.6 is 24.0 Å². The van der Waals surface area contributed by atoms with Gasteiger partial charge < -0.3 is 20.0 Å². The fourth-order valence-corrected chi connectivity index (χ4v) is 3.58. The van der Waals surface area contributed by atoms with Crippen molar-refractivity contribution in [2.75, 3.05) is 31.1 Å². The molecule has 1 fully saturated rings. The van der Waals surface area contributed by atoms with Gasteiger partial charge in [0.05, 0.1) is 6.26 Å². The van der Waals surface area contributed by atoms with E-state index in [-0.39, 0.29) is 24.0 Å². The number of H-pyrrole nitrogens is 1. The number of furan rings is 1. The fraction of sp³-hybridized carbons (Fsp3) is 0.409. The predicted molar refractivity (Wildman–Crippen MR) is 134 cm³/mol. The van der Waals surface area contributed by atoms with Gasteiger partial charge in [0.15, 0.2) is 11.7 Å². The summed E-state index contributed by atoms with van der Waals surface area (Å²) in [5.74, 6) is 2.88. The molecule has 1 unspecified atom stereocenters. The second kappa shape index (κ2) is 11.2. The molecular weight excluding hydrogens is 505 g/mol. The highest BCUT2D eigenvalue weighted by atomic mass is 127. The number of benzene rings is 1. The summed E-state index contributed by atoms with van der Waals surface area (Å²) < 4.78 is 5.33. The molecule has 2 aromatic heterocycles. The highest BCUT2D eigenvalue weighted by molar-refractivity contribution is 14.0. The summed E-state index contributed by atoms with van der Waals surface area (Å²) in [4.78, 5) is 11.6. The normalized spacial score (nSPS) is 16.3. The third kappa shape index (κ3) is 6.22. The van der Waals surface area contributed by atoms with E-state index in [4.69, 9.17) is 9.41 Å². The molecule has 0 amide bonds. The molecule has 1 aromatic carbocycles. The zero-order valence-electron chi connectivity index (χ0n) is 18.0. The van der Waals surface area contributed by atoms with Crippen molar-refractivity contribution in [3.05, 3.63) is 54.0 Å². The summed E-state index contributed by atoms with van der Waals surface area (Å²) in [6, 6.07) is 12.8. The molecule has 166 valence electrons. The molecule has 4 rings (SSSR count). The fourth-order valence-electron chi connectivity index (χ4n) is 3.58. The molecule has 0 spiro atoms. The molecule has 1 aliphatic rings. The molecule has 1 aliphatic heterocycles. The van der Waals surface area contributed by atoms with Gasteiger partial charge in [-0.25, -0.2) is 4.98 Å². The lowest BCUT2D eigenvalue weighted by Crippen LogP contribution is -2.44. The van der Waals surface area contributed by atoms with Crippen LogP contribution in [0.5, 0.6) is 0 Å². The number of nitrogens with zero attached hydrogens (tertiary/aromatic N) is 4. The minimum atomic E-state index is 0. The smallest absolute Gasteiger partial charge is 0.216 e. The first-order valence-corrected chi connectivity index (χ1v) is 10.5. The number of hydrogen-bond acceptors (Lipinski definition) is 5. The summed E-state index contributed by atoms with van der Waals surface area (Å²) in [7, 11) is 0. The second-order valence-electron chi connectivity index (χ2n) is 7.51. The molecule has 0 saturated carbocycles. The topological polar surface area (TPSA) is 94.4 Å². The largest absolute Gasteiger partial charge is 0.461 e. The van der Waals surface area contributed by atoms with Crippen LogP contribution in [0, 0.1) is 6.92 Å². The van der Waals surface area contributed by atoms with E-state index in [9.17, 15) is 0 Å². The summed E-state index contributed by atoms with van der Waals surface area (Å²) in [6.45, 7) is 7.67. The summed E-state index contributed by atoms with van der Waals surface area (Å²) in [5, 5.41) is 14.1. The van der Waals surface area contributed by atoms with Gasteiger partial charge in [-0.05, 0) is 44.5 Å². The maximum absolute atomic E-state index is 5.33. The first kappa shape index (κ1) is 23.1. The second-order valence-corrected chi connectivity index (χ2v) is 7.51. The van der Waals surface area contributed by atoms with Gasteiger partial charge in [0, 0.05) is 44.3 Å². The Morgan fingerprint density at radius 3 is 2.87 bits per heavy atom. The molecule has 1 saturated heterocycles. The number of guanidine groups is 1. The SMILES string of the molecule is CCNC(=NCCc1nc(-c2ccco2)n[nH]1)NC1CCN(c2ccc(C)cc2)C1.I.